The lowest BCUT2D eigenvalue weighted by Gasteiger charge is -2.46. The van der Waals surface area contributed by atoms with Crippen LogP contribution in [0.25, 0.3) is 0 Å². The quantitative estimate of drug-likeness (QED) is 0.628. The van der Waals surface area contributed by atoms with Crippen molar-refractivity contribution in [3.05, 3.63) is 71.3 Å². The number of hydrogen-bond acceptors (Lipinski definition) is 4. The van der Waals surface area contributed by atoms with E-state index in [0.717, 1.165) is 19.6 Å². The van der Waals surface area contributed by atoms with Gasteiger partial charge in [0.15, 0.2) is 0 Å². The Bertz CT molecular complexity index is 736. The highest BCUT2D eigenvalue weighted by molar-refractivity contribution is 5.93. The molecule has 1 saturated heterocycles. The van der Waals surface area contributed by atoms with Gasteiger partial charge in [0.05, 0.1) is 0 Å². The third-order valence-corrected chi connectivity index (χ3v) is 5.64. The fraction of sp³-hybridized carbons (Fsp3) is 0.409. The average molecular weight is 367 g/mol. The number of carbonyl (C=O) groups excluding carboxylic acids is 1. The normalized spacial score (nSPS) is 22.4. The molecule has 144 valence electrons. The summed E-state index contributed by atoms with van der Waals surface area (Å²) >= 11 is 0. The van der Waals surface area contributed by atoms with E-state index in [-0.39, 0.29) is 0 Å². The average Bonchev–Trinajstić information content (AvgIpc) is 2.70. The number of benzene rings is 2. The molecule has 1 amide bonds. The second kappa shape index (κ2) is 8.65. The molecular weight excluding hydrogens is 338 g/mol. The van der Waals surface area contributed by atoms with Crippen molar-refractivity contribution in [3.8, 4) is 0 Å². The molecule has 1 aliphatic rings. The van der Waals surface area contributed by atoms with Crippen molar-refractivity contribution >= 4 is 5.91 Å². The van der Waals surface area contributed by atoms with E-state index in [1.807, 2.05) is 12.1 Å². The molecule has 5 heteroatoms. The molecule has 3 atom stereocenters. The summed E-state index contributed by atoms with van der Waals surface area (Å²) in [5, 5.41) is 8.73. The summed E-state index contributed by atoms with van der Waals surface area (Å²) in [6, 6.07) is 19.4. The minimum Gasteiger partial charge on any atom is -0.294 e. The summed E-state index contributed by atoms with van der Waals surface area (Å²) in [5.74, 6) is -0.480. The van der Waals surface area contributed by atoms with Crippen molar-refractivity contribution in [1.82, 2.24) is 15.3 Å². The van der Waals surface area contributed by atoms with Gasteiger partial charge in [0.1, 0.15) is 0 Å². The molecule has 3 unspecified atom stereocenters. The predicted octanol–water partition coefficient (Wildman–Crippen LogP) is 3.46. The van der Waals surface area contributed by atoms with Crippen LogP contribution in [0.15, 0.2) is 54.6 Å². The standard InChI is InChI=1S/C22H29N3O2/c1-16-13-24(18(3)20-7-5-4-6-8-20)14-17(2)25(16)15-19-9-11-21(12-10-19)22(26)23-27/h4-12,16-18,27H,13-15H2,1-3H3,(H,23,26). The van der Waals surface area contributed by atoms with Crippen molar-refractivity contribution in [3.63, 3.8) is 0 Å². The fourth-order valence-electron chi connectivity index (χ4n) is 4.00. The number of hydroxylamine groups is 1. The Balaban J connectivity index is 1.64. The zero-order valence-corrected chi connectivity index (χ0v) is 16.3. The first-order chi connectivity index (χ1) is 13.0. The maximum atomic E-state index is 11.5. The number of carbonyl (C=O) groups is 1. The molecule has 0 spiro atoms. The van der Waals surface area contributed by atoms with Crippen LogP contribution in [0.1, 0.15) is 48.3 Å². The van der Waals surface area contributed by atoms with Crippen LogP contribution < -0.4 is 5.48 Å². The van der Waals surface area contributed by atoms with Crippen molar-refractivity contribution in [2.24, 2.45) is 0 Å². The highest BCUT2D eigenvalue weighted by Gasteiger charge is 2.31. The van der Waals surface area contributed by atoms with Gasteiger partial charge in [-0.05, 0) is 44.0 Å². The number of piperazine rings is 1. The molecule has 3 rings (SSSR count). The minimum atomic E-state index is -0.480. The number of nitrogens with zero attached hydrogens (tertiary/aromatic N) is 2. The monoisotopic (exact) mass is 367 g/mol. The molecule has 0 radical (unpaired) electrons. The SMILES string of the molecule is CC(c1ccccc1)N1CC(C)N(Cc2ccc(C(=O)NO)cc2)C(C)C1. The molecule has 2 N–H and O–H groups in total. The molecule has 0 aliphatic carbocycles. The molecule has 1 fully saturated rings. The van der Waals surface area contributed by atoms with E-state index in [0.29, 0.717) is 23.7 Å². The summed E-state index contributed by atoms with van der Waals surface area (Å²) in [5.41, 5.74) is 4.67. The van der Waals surface area contributed by atoms with Gasteiger partial charge >= 0.3 is 0 Å². The molecule has 1 heterocycles. The van der Waals surface area contributed by atoms with Crippen LogP contribution in [0.5, 0.6) is 0 Å². The number of rotatable bonds is 5. The molecule has 5 nitrogen and oxygen atoms in total. The summed E-state index contributed by atoms with van der Waals surface area (Å²) in [6.45, 7) is 9.78. The molecule has 2 aromatic carbocycles. The predicted molar refractivity (Wildman–Crippen MR) is 107 cm³/mol. The molecule has 0 aromatic heterocycles. The third-order valence-electron chi connectivity index (χ3n) is 5.64. The van der Waals surface area contributed by atoms with Gasteiger partial charge in [-0.3, -0.25) is 19.8 Å². The van der Waals surface area contributed by atoms with E-state index in [2.05, 4.69) is 60.9 Å². The van der Waals surface area contributed by atoms with Crippen LogP contribution in [-0.4, -0.2) is 46.1 Å². The van der Waals surface area contributed by atoms with E-state index < -0.39 is 5.91 Å². The lowest BCUT2D eigenvalue weighted by molar-refractivity contribution is 0.0143. The van der Waals surface area contributed by atoms with Crippen LogP contribution in [0, 0.1) is 0 Å². The van der Waals surface area contributed by atoms with Gasteiger partial charge < -0.3 is 0 Å². The fourth-order valence-corrected chi connectivity index (χ4v) is 4.00. The summed E-state index contributed by atoms with van der Waals surface area (Å²) < 4.78 is 0. The van der Waals surface area contributed by atoms with Gasteiger partial charge in [-0.2, -0.15) is 0 Å². The molecule has 27 heavy (non-hydrogen) atoms. The summed E-state index contributed by atoms with van der Waals surface area (Å²) in [6.07, 6.45) is 0. The van der Waals surface area contributed by atoms with Crippen molar-refractivity contribution < 1.29 is 10.0 Å². The lowest BCUT2D eigenvalue weighted by atomic mass is 10.0. The number of nitrogens with one attached hydrogen (secondary N) is 1. The first kappa shape index (κ1) is 19.5. The summed E-state index contributed by atoms with van der Waals surface area (Å²) in [7, 11) is 0. The van der Waals surface area contributed by atoms with E-state index >= 15 is 0 Å². The van der Waals surface area contributed by atoms with Gasteiger partial charge in [-0.25, -0.2) is 5.48 Å². The first-order valence-corrected chi connectivity index (χ1v) is 9.57. The first-order valence-electron chi connectivity index (χ1n) is 9.57. The Morgan fingerprint density at radius 1 is 1.07 bits per heavy atom. The molecule has 1 aliphatic heterocycles. The van der Waals surface area contributed by atoms with E-state index in [1.54, 1.807) is 17.6 Å². The van der Waals surface area contributed by atoms with Gasteiger partial charge in [0.2, 0.25) is 0 Å². The van der Waals surface area contributed by atoms with Crippen molar-refractivity contribution in [2.45, 2.75) is 45.4 Å². The largest absolute Gasteiger partial charge is 0.294 e. The van der Waals surface area contributed by atoms with Crippen molar-refractivity contribution in [2.75, 3.05) is 13.1 Å². The van der Waals surface area contributed by atoms with Crippen LogP contribution in [-0.2, 0) is 6.54 Å². The number of amides is 1. The molecular formula is C22H29N3O2. The van der Waals surface area contributed by atoms with Crippen molar-refractivity contribution in [1.29, 1.82) is 0 Å². The van der Waals surface area contributed by atoms with E-state index in [1.165, 1.54) is 11.1 Å². The Morgan fingerprint density at radius 3 is 2.22 bits per heavy atom. The zero-order valence-electron chi connectivity index (χ0n) is 16.3. The van der Waals surface area contributed by atoms with E-state index in [9.17, 15) is 4.79 Å². The second-order valence-corrected chi connectivity index (χ2v) is 7.55. The molecule has 0 saturated carbocycles. The Labute approximate surface area is 161 Å². The highest BCUT2D eigenvalue weighted by atomic mass is 16.5. The minimum absolute atomic E-state index is 0.412. The Morgan fingerprint density at radius 2 is 1.67 bits per heavy atom. The van der Waals surface area contributed by atoms with Gasteiger partial charge in [0, 0.05) is 43.3 Å². The topological polar surface area (TPSA) is 55.8 Å². The third kappa shape index (κ3) is 4.56. The summed E-state index contributed by atoms with van der Waals surface area (Å²) in [4.78, 5) is 16.5. The van der Waals surface area contributed by atoms with Gasteiger partial charge in [0.25, 0.3) is 5.91 Å². The van der Waals surface area contributed by atoms with Crippen LogP contribution in [0.4, 0.5) is 0 Å². The molecule has 2 aromatic rings. The highest BCUT2D eigenvalue weighted by Crippen LogP contribution is 2.27. The van der Waals surface area contributed by atoms with Crippen LogP contribution in [0.3, 0.4) is 0 Å². The van der Waals surface area contributed by atoms with Gasteiger partial charge in [-0.1, -0.05) is 42.5 Å². The lowest BCUT2D eigenvalue weighted by Crippen LogP contribution is -2.56. The molecule has 0 bridgehead atoms. The van der Waals surface area contributed by atoms with Crippen LogP contribution in [0.2, 0.25) is 0 Å². The van der Waals surface area contributed by atoms with Gasteiger partial charge in [-0.15, -0.1) is 0 Å². The number of hydrogen-bond donors (Lipinski definition) is 2. The smallest absolute Gasteiger partial charge is 0.274 e. The Kier molecular flexibility index (Phi) is 6.26. The van der Waals surface area contributed by atoms with E-state index in [4.69, 9.17) is 5.21 Å². The maximum absolute atomic E-state index is 11.5. The Hall–Kier alpha value is -2.21. The second-order valence-electron chi connectivity index (χ2n) is 7.55. The zero-order chi connectivity index (χ0) is 19.4. The van der Waals surface area contributed by atoms with Crippen LogP contribution >= 0.6 is 0 Å². The maximum Gasteiger partial charge on any atom is 0.274 e.